The first-order valence-electron chi connectivity index (χ1n) is 7.15. The van der Waals surface area contributed by atoms with Crippen LogP contribution in [0.25, 0.3) is 0 Å². The van der Waals surface area contributed by atoms with Crippen LogP contribution in [0.3, 0.4) is 0 Å². The molecule has 0 saturated heterocycles. The van der Waals surface area contributed by atoms with Gasteiger partial charge in [0.2, 0.25) is 0 Å². The van der Waals surface area contributed by atoms with Crippen LogP contribution in [0.15, 0.2) is 34.9 Å². The minimum Gasteiger partial charge on any atom is -0.0856 e. The molecule has 1 aliphatic carbocycles. The molecule has 0 radical (unpaired) electrons. The predicted molar refractivity (Wildman–Crippen MR) is 78.2 cm³/mol. The molecule has 0 amide bonds. The summed E-state index contributed by atoms with van der Waals surface area (Å²) in [4.78, 5) is 0. The molecule has 17 heavy (non-hydrogen) atoms. The zero-order valence-corrected chi connectivity index (χ0v) is 11.9. The minimum absolute atomic E-state index is 1.20. The van der Waals surface area contributed by atoms with Crippen molar-refractivity contribution < 1.29 is 0 Å². The van der Waals surface area contributed by atoms with Crippen molar-refractivity contribution in [1.29, 1.82) is 0 Å². The van der Waals surface area contributed by atoms with E-state index in [0.717, 1.165) is 0 Å². The molecule has 0 nitrogen and oxygen atoms in total. The lowest BCUT2D eigenvalue weighted by atomic mass is 9.95. The van der Waals surface area contributed by atoms with Crippen molar-refractivity contribution in [3.05, 3.63) is 34.9 Å². The van der Waals surface area contributed by atoms with Crippen LogP contribution >= 0.6 is 0 Å². The Morgan fingerprint density at radius 3 is 2.59 bits per heavy atom. The van der Waals surface area contributed by atoms with Gasteiger partial charge in [-0.2, -0.15) is 0 Å². The molecule has 0 fully saturated rings. The van der Waals surface area contributed by atoms with Crippen molar-refractivity contribution in [2.45, 2.75) is 72.1 Å². The summed E-state index contributed by atoms with van der Waals surface area (Å²) in [7, 11) is 0. The van der Waals surface area contributed by atoms with E-state index in [0.29, 0.717) is 0 Å². The van der Waals surface area contributed by atoms with Gasteiger partial charge in [0.1, 0.15) is 0 Å². The van der Waals surface area contributed by atoms with Gasteiger partial charge >= 0.3 is 0 Å². The van der Waals surface area contributed by atoms with E-state index in [9.17, 15) is 0 Å². The first-order chi connectivity index (χ1) is 8.18. The van der Waals surface area contributed by atoms with Gasteiger partial charge in [-0.3, -0.25) is 0 Å². The Morgan fingerprint density at radius 2 is 1.94 bits per heavy atom. The molecule has 0 aromatic rings. The highest BCUT2D eigenvalue weighted by atomic mass is 14.1. The molecule has 0 heteroatoms. The molecule has 0 aromatic heterocycles. The van der Waals surface area contributed by atoms with E-state index < -0.39 is 0 Å². The quantitative estimate of drug-likeness (QED) is 0.496. The van der Waals surface area contributed by atoms with Crippen LogP contribution in [0.4, 0.5) is 0 Å². The lowest BCUT2D eigenvalue weighted by Gasteiger charge is -2.11. The summed E-state index contributed by atoms with van der Waals surface area (Å²) < 4.78 is 0. The van der Waals surface area contributed by atoms with Gasteiger partial charge in [0.05, 0.1) is 0 Å². The van der Waals surface area contributed by atoms with Crippen LogP contribution in [0.1, 0.15) is 72.1 Å². The second-order valence-corrected chi connectivity index (χ2v) is 5.52. The molecular weight excluding hydrogens is 204 g/mol. The van der Waals surface area contributed by atoms with E-state index in [1.54, 1.807) is 11.1 Å². The van der Waals surface area contributed by atoms with Crippen LogP contribution < -0.4 is 0 Å². The maximum atomic E-state index is 2.47. The Kier molecular flexibility index (Phi) is 7.00. The molecule has 0 spiro atoms. The highest BCUT2D eigenvalue weighted by Gasteiger charge is 2.02. The summed E-state index contributed by atoms with van der Waals surface area (Å²) in [5.41, 5.74) is 4.69. The summed E-state index contributed by atoms with van der Waals surface area (Å²) in [5, 5.41) is 0. The third-order valence-corrected chi connectivity index (χ3v) is 3.43. The zero-order valence-electron chi connectivity index (χ0n) is 11.9. The fraction of sp³-hybridized carbons (Fsp3) is 0.647. The van der Waals surface area contributed by atoms with E-state index in [1.807, 2.05) is 0 Å². The maximum Gasteiger partial charge on any atom is -0.0285 e. The Balaban J connectivity index is 2.18. The van der Waals surface area contributed by atoms with Crippen LogP contribution in [0.2, 0.25) is 0 Å². The molecule has 96 valence electrons. The number of hydrogen-bond donors (Lipinski definition) is 0. The monoisotopic (exact) mass is 232 g/mol. The molecule has 0 heterocycles. The third-order valence-electron chi connectivity index (χ3n) is 3.43. The average Bonchev–Trinajstić information content (AvgIpc) is 2.30. The van der Waals surface area contributed by atoms with Gasteiger partial charge in [-0.15, -0.1) is 0 Å². The van der Waals surface area contributed by atoms with Crippen molar-refractivity contribution in [2.24, 2.45) is 0 Å². The molecule has 1 aliphatic rings. The highest BCUT2D eigenvalue weighted by molar-refractivity contribution is 5.08. The standard InChI is InChI=1S/C17H28/c1-15(2)9-7-10-16(3)11-8-14-17-12-5-4-6-13-17/h9,11-12H,4-8,10,13-14H2,1-3H3/b16-11+. The number of rotatable bonds is 6. The van der Waals surface area contributed by atoms with E-state index in [2.05, 4.69) is 39.0 Å². The SMILES string of the molecule is CC(C)=CCC/C(C)=C/CCC1=CCCCC1. The minimum atomic E-state index is 1.20. The van der Waals surface area contributed by atoms with Gasteiger partial charge in [0, 0.05) is 0 Å². The van der Waals surface area contributed by atoms with Crippen molar-refractivity contribution in [2.75, 3.05) is 0 Å². The average molecular weight is 232 g/mol. The summed E-state index contributed by atoms with van der Waals surface area (Å²) in [6, 6.07) is 0. The predicted octanol–water partition coefficient (Wildman–Crippen LogP) is 5.96. The van der Waals surface area contributed by atoms with Crippen LogP contribution in [0.5, 0.6) is 0 Å². The normalized spacial score (nSPS) is 16.6. The Morgan fingerprint density at radius 1 is 1.12 bits per heavy atom. The van der Waals surface area contributed by atoms with Crippen molar-refractivity contribution in [3.63, 3.8) is 0 Å². The molecule has 0 saturated carbocycles. The molecule has 0 aliphatic heterocycles. The smallest absolute Gasteiger partial charge is 0.0285 e. The zero-order chi connectivity index (χ0) is 12.5. The summed E-state index contributed by atoms with van der Waals surface area (Å²) >= 11 is 0. The summed E-state index contributed by atoms with van der Waals surface area (Å²) in [6.45, 7) is 6.62. The van der Waals surface area contributed by atoms with Gasteiger partial charge in [0.15, 0.2) is 0 Å². The first kappa shape index (κ1) is 14.3. The van der Waals surface area contributed by atoms with Crippen molar-refractivity contribution in [1.82, 2.24) is 0 Å². The topological polar surface area (TPSA) is 0 Å². The first-order valence-corrected chi connectivity index (χ1v) is 7.15. The second kappa shape index (κ2) is 8.33. The summed E-state index contributed by atoms with van der Waals surface area (Å²) in [5.74, 6) is 0. The van der Waals surface area contributed by atoms with Crippen LogP contribution in [0, 0.1) is 0 Å². The largest absolute Gasteiger partial charge is 0.0856 e. The molecular formula is C17H28. The van der Waals surface area contributed by atoms with Gasteiger partial charge in [-0.25, -0.2) is 0 Å². The Bertz CT molecular complexity index is 298. The molecule has 1 rings (SSSR count). The van der Waals surface area contributed by atoms with Crippen LogP contribution in [-0.4, -0.2) is 0 Å². The van der Waals surface area contributed by atoms with Crippen molar-refractivity contribution in [3.8, 4) is 0 Å². The van der Waals surface area contributed by atoms with E-state index >= 15 is 0 Å². The van der Waals surface area contributed by atoms with E-state index in [4.69, 9.17) is 0 Å². The van der Waals surface area contributed by atoms with Gasteiger partial charge in [0.25, 0.3) is 0 Å². The van der Waals surface area contributed by atoms with E-state index in [1.165, 1.54) is 56.9 Å². The fourth-order valence-electron chi connectivity index (χ4n) is 2.33. The Hall–Kier alpha value is -0.780. The molecule has 0 atom stereocenters. The molecule has 0 unspecified atom stereocenters. The van der Waals surface area contributed by atoms with Gasteiger partial charge < -0.3 is 0 Å². The third kappa shape index (κ3) is 7.20. The number of allylic oxidation sites excluding steroid dienone is 6. The summed E-state index contributed by atoms with van der Waals surface area (Å²) in [6.07, 6.45) is 17.7. The van der Waals surface area contributed by atoms with Gasteiger partial charge in [-0.1, -0.05) is 34.9 Å². The lowest BCUT2D eigenvalue weighted by Crippen LogP contribution is -1.91. The maximum absolute atomic E-state index is 2.47. The second-order valence-electron chi connectivity index (χ2n) is 5.52. The molecule has 0 aromatic carbocycles. The number of hydrogen-bond acceptors (Lipinski definition) is 0. The van der Waals surface area contributed by atoms with Crippen molar-refractivity contribution >= 4 is 0 Å². The van der Waals surface area contributed by atoms with Gasteiger partial charge in [-0.05, 0) is 72.1 Å². The highest BCUT2D eigenvalue weighted by Crippen LogP contribution is 2.21. The van der Waals surface area contributed by atoms with Crippen LogP contribution in [-0.2, 0) is 0 Å². The molecule has 0 bridgehead atoms. The molecule has 0 N–H and O–H groups in total. The fourth-order valence-corrected chi connectivity index (χ4v) is 2.33. The van der Waals surface area contributed by atoms with E-state index in [-0.39, 0.29) is 0 Å². The lowest BCUT2D eigenvalue weighted by molar-refractivity contribution is 0.675. The Labute approximate surface area is 108 Å².